The minimum Gasteiger partial charge on any atom is -0.379 e. The molecule has 0 radical (unpaired) electrons. The third kappa shape index (κ3) is 4.14. The maximum atomic E-state index is 12.9. The van der Waals surface area contributed by atoms with E-state index in [0.717, 1.165) is 31.2 Å². The number of hydrogen-bond acceptors (Lipinski definition) is 4. The average Bonchev–Trinajstić information content (AvgIpc) is 3.03. The average molecular weight is 382 g/mol. The summed E-state index contributed by atoms with van der Waals surface area (Å²) in [6, 6.07) is 7.31. The molecular weight excluding hydrogens is 350 g/mol. The molecule has 0 aliphatic carbocycles. The van der Waals surface area contributed by atoms with Crippen LogP contribution >= 0.6 is 0 Å². The molecule has 2 fully saturated rings. The third-order valence-corrected chi connectivity index (χ3v) is 7.58. The van der Waals surface area contributed by atoms with E-state index in [-0.39, 0.29) is 11.7 Å². The monoisotopic (exact) mass is 381 g/mol. The molecule has 1 spiro atoms. The van der Waals surface area contributed by atoms with Crippen LogP contribution in [0.1, 0.15) is 57.9 Å². The van der Waals surface area contributed by atoms with E-state index in [4.69, 9.17) is 9.47 Å². The van der Waals surface area contributed by atoms with Crippen LogP contribution in [0.3, 0.4) is 0 Å². The van der Waals surface area contributed by atoms with E-state index in [1.54, 1.807) is 16.4 Å². The van der Waals surface area contributed by atoms with Gasteiger partial charge in [-0.1, -0.05) is 26.0 Å². The number of rotatable bonds is 6. The fourth-order valence-electron chi connectivity index (χ4n) is 3.94. The minimum absolute atomic E-state index is 0.154. The van der Waals surface area contributed by atoms with Gasteiger partial charge in [-0.3, -0.25) is 0 Å². The lowest BCUT2D eigenvalue weighted by Gasteiger charge is -2.38. The van der Waals surface area contributed by atoms with Crippen molar-refractivity contribution in [2.75, 3.05) is 26.3 Å². The molecule has 2 aliphatic rings. The second-order valence-corrected chi connectivity index (χ2v) is 9.69. The summed E-state index contributed by atoms with van der Waals surface area (Å²) in [7, 11) is -3.43. The van der Waals surface area contributed by atoms with Gasteiger partial charge in [0.2, 0.25) is 10.0 Å². The van der Waals surface area contributed by atoms with Crippen LogP contribution < -0.4 is 0 Å². The second-order valence-electron chi connectivity index (χ2n) is 7.75. The van der Waals surface area contributed by atoms with Crippen molar-refractivity contribution in [1.29, 1.82) is 0 Å². The SMILES string of the molecule is CCOCC1CCC2(CCN(S(=O)(=O)c3ccc(C(C)C)cc3)CC2)O1. The molecule has 26 heavy (non-hydrogen) atoms. The van der Waals surface area contributed by atoms with Crippen molar-refractivity contribution in [3.05, 3.63) is 29.8 Å². The topological polar surface area (TPSA) is 55.8 Å². The van der Waals surface area contributed by atoms with Crippen molar-refractivity contribution >= 4 is 10.0 Å². The van der Waals surface area contributed by atoms with Crippen LogP contribution in [0.5, 0.6) is 0 Å². The molecule has 1 unspecified atom stereocenters. The van der Waals surface area contributed by atoms with Gasteiger partial charge in [0.1, 0.15) is 0 Å². The maximum absolute atomic E-state index is 12.9. The molecule has 1 aromatic rings. The van der Waals surface area contributed by atoms with Gasteiger partial charge in [-0.15, -0.1) is 0 Å². The van der Waals surface area contributed by atoms with E-state index in [2.05, 4.69) is 13.8 Å². The summed E-state index contributed by atoms with van der Waals surface area (Å²) in [4.78, 5) is 0.388. The number of nitrogens with zero attached hydrogens (tertiary/aromatic N) is 1. The van der Waals surface area contributed by atoms with Gasteiger partial charge in [0.15, 0.2) is 0 Å². The number of ether oxygens (including phenoxy) is 2. The summed E-state index contributed by atoms with van der Waals surface area (Å²) in [5.41, 5.74) is 0.996. The van der Waals surface area contributed by atoms with Gasteiger partial charge in [0, 0.05) is 19.7 Å². The normalized spacial score (nSPS) is 23.8. The predicted octanol–water partition coefficient (Wildman–Crippen LogP) is 3.55. The largest absolute Gasteiger partial charge is 0.379 e. The Kier molecular flexibility index (Phi) is 6.07. The van der Waals surface area contributed by atoms with Gasteiger partial charge in [0.25, 0.3) is 0 Å². The molecule has 6 heteroatoms. The molecule has 1 atom stereocenters. The van der Waals surface area contributed by atoms with Crippen molar-refractivity contribution in [3.8, 4) is 0 Å². The summed E-state index contributed by atoms with van der Waals surface area (Å²) in [6.45, 7) is 8.59. The zero-order valence-corrected chi connectivity index (χ0v) is 16.9. The van der Waals surface area contributed by atoms with Crippen LogP contribution in [-0.2, 0) is 19.5 Å². The van der Waals surface area contributed by atoms with E-state index < -0.39 is 10.0 Å². The minimum atomic E-state index is -3.43. The molecule has 1 aromatic carbocycles. The first-order valence-electron chi connectivity index (χ1n) is 9.72. The summed E-state index contributed by atoms with van der Waals surface area (Å²) in [6.07, 6.45) is 3.69. The van der Waals surface area contributed by atoms with E-state index >= 15 is 0 Å². The Balaban J connectivity index is 1.62. The van der Waals surface area contributed by atoms with E-state index in [9.17, 15) is 8.42 Å². The summed E-state index contributed by atoms with van der Waals surface area (Å²) in [5.74, 6) is 0.394. The highest BCUT2D eigenvalue weighted by Gasteiger charge is 2.44. The van der Waals surface area contributed by atoms with Crippen LogP contribution in [-0.4, -0.2) is 50.7 Å². The highest BCUT2D eigenvalue weighted by molar-refractivity contribution is 7.89. The summed E-state index contributed by atoms with van der Waals surface area (Å²) < 4.78 is 39.2. The Morgan fingerprint density at radius 3 is 2.42 bits per heavy atom. The molecule has 0 N–H and O–H groups in total. The first kappa shape index (κ1) is 19.8. The number of piperidine rings is 1. The highest BCUT2D eigenvalue weighted by atomic mass is 32.2. The zero-order chi connectivity index (χ0) is 18.8. The maximum Gasteiger partial charge on any atom is 0.243 e. The Labute approximate surface area is 157 Å². The van der Waals surface area contributed by atoms with Gasteiger partial charge in [-0.2, -0.15) is 4.31 Å². The number of hydrogen-bond donors (Lipinski definition) is 0. The van der Waals surface area contributed by atoms with Crippen LogP contribution in [0, 0.1) is 0 Å². The van der Waals surface area contributed by atoms with Gasteiger partial charge >= 0.3 is 0 Å². The van der Waals surface area contributed by atoms with E-state index in [1.807, 2.05) is 19.1 Å². The van der Waals surface area contributed by atoms with Crippen molar-refractivity contribution < 1.29 is 17.9 Å². The molecule has 0 aromatic heterocycles. The molecular formula is C20H31NO4S. The Morgan fingerprint density at radius 2 is 1.85 bits per heavy atom. The van der Waals surface area contributed by atoms with Crippen LogP contribution in [0.2, 0.25) is 0 Å². The van der Waals surface area contributed by atoms with E-state index in [1.165, 1.54) is 0 Å². The standard InChI is InChI=1S/C20H31NO4S/c1-4-24-15-18-9-10-20(25-18)11-13-21(14-12-20)26(22,23)19-7-5-17(6-8-19)16(2)3/h5-8,16,18H,4,9-15H2,1-3H3. The number of sulfonamides is 1. The lowest BCUT2D eigenvalue weighted by atomic mass is 9.89. The van der Waals surface area contributed by atoms with Crippen LogP contribution in [0.25, 0.3) is 0 Å². The van der Waals surface area contributed by atoms with Crippen molar-refractivity contribution in [2.45, 2.75) is 69.0 Å². The molecule has 3 rings (SSSR count). The quantitative estimate of drug-likeness (QED) is 0.756. The second kappa shape index (κ2) is 7.97. The van der Waals surface area contributed by atoms with Crippen molar-refractivity contribution in [3.63, 3.8) is 0 Å². The lowest BCUT2D eigenvalue weighted by Crippen LogP contribution is -2.46. The van der Waals surface area contributed by atoms with Gasteiger partial charge in [-0.05, 0) is 56.2 Å². The zero-order valence-electron chi connectivity index (χ0n) is 16.1. The predicted molar refractivity (Wildman–Crippen MR) is 102 cm³/mol. The van der Waals surface area contributed by atoms with E-state index in [0.29, 0.717) is 37.1 Å². The summed E-state index contributed by atoms with van der Waals surface area (Å²) >= 11 is 0. The fraction of sp³-hybridized carbons (Fsp3) is 0.700. The molecule has 5 nitrogen and oxygen atoms in total. The molecule has 0 amide bonds. The lowest BCUT2D eigenvalue weighted by molar-refractivity contribution is -0.0900. The Hall–Kier alpha value is -0.950. The molecule has 0 saturated carbocycles. The van der Waals surface area contributed by atoms with Crippen LogP contribution in [0.15, 0.2) is 29.2 Å². The highest BCUT2D eigenvalue weighted by Crippen LogP contribution is 2.40. The first-order chi connectivity index (χ1) is 12.4. The van der Waals surface area contributed by atoms with Crippen molar-refractivity contribution in [1.82, 2.24) is 4.31 Å². The summed E-state index contributed by atoms with van der Waals surface area (Å²) in [5, 5.41) is 0. The molecule has 146 valence electrons. The van der Waals surface area contributed by atoms with Crippen LogP contribution in [0.4, 0.5) is 0 Å². The third-order valence-electron chi connectivity index (χ3n) is 5.66. The Morgan fingerprint density at radius 1 is 1.19 bits per heavy atom. The molecule has 0 bridgehead atoms. The van der Waals surface area contributed by atoms with Gasteiger partial charge in [-0.25, -0.2) is 8.42 Å². The fourth-order valence-corrected chi connectivity index (χ4v) is 5.38. The first-order valence-corrected chi connectivity index (χ1v) is 11.2. The Bertz CT molecular complexity index is 691. The smallest absolute Gasteiger partial charge is 0.243 e. The molecule has 2 saturated heterocycles. The van der Waals surface area contributed by atoms with Gasteiger partial charge in [0.05, 0.1) is 23.2 Å². The molecule has 2 heterocycles. The molecule has 2 aliphatic heterocycles. The number of benzene rings is 1. The van der Waals surface area contributed by atoms with Gasteiger partial charge < -0.3 is 9.47 Å². The van der Waals surface area contributed by atoms with Crippen molar-refractivity contribution in [2.24, 2.45) is 0 Å².